The number of benzene rings is 3. The summed E-state index contributed by atoms with van der Waals surface area (Å²) in [4.78, 5) is 8.53. The monoisotopic (exact) mass is 659 g/mol. The van der Waals surface area contributed by atoms with Crippen LogP contribution in [0.3, 0.4) is 0 Å². The van der Waals surface area contributed by atoms with Crippen molar-refractivity contribution in [2.45, 2.75) is 69.7 Å². The quantitative estimate of drug-likeness (QED) is 0.169. The third-order valence-electron chi connectivity index (χ3n) is 8.66. The third kappa shape index (κ3) is 8.01. The number of hydrogen-bond acceptors (Lipinski definition) is 6. The third-order valence-corrected chi connectivity index (χ3v) is 8.89. The summed E-state index contributed by atoms with van der Waals surface area (Å²) in [6.45, 7) is 3.06. The summed E-state index contributed by atoms with van der Waals surface area (Å²) in [7, 11) is 1.59. The number of ether oxygens (including phenoxy) is 2. The van der Waals surface area contributed by atoms with Crippen molar-refractivity contribution in [3.05, 3.63) is 87.2 Å². The molecule has 1 aliphatic heterocycles. The molecule has 5 rings (SSSR count). The highest BCUT2D eigenvalue weighted by atomic mass is 35.5. The smallest absolute Gasteiger partial charge is 0.419 e. The maximum Gasteiger partial charge on any atom is 0.419 e. The van der Waals surface area contributed by atoms with Gasteiger partial charge >= 0.3 is 6.18 Å². The average Bonchev–Trinajstić information content (AvgIpc) is 3.43. The maximum absolute atomic E-state index is 14.5. The van der Waals surface area contributed by atoms with E-state index < -0.39 is 29.7 Å². The Morgan fingerprint density at radius 2 is 1.80 bits per heavy atom. The Kier molecular flexibility index (Phi) is 10.9. The zero-order valence-electron chi connectivity index (χ0n) is 25.8. The number of halogens is 5. The van der Waals surface area contributed by atoms with Gasteiger partial charge in [0.1, 0.15) is 23.7 Å². The van der Waals surface area contributed by atoms with Crippen molar-refractivity contribution in [2.75, 3.05) is 25.6 Å². The standard InChI is InChI=1S/C35H38ClF4N3O3/c1-3-12-46-32-17-26(36)8-9-29(32)33(43-27-13-25(14-28(18-27)45-2)24-10-11-41-20-42-19-24)34(44)21-4-6-22-15-30(35(38,39)40)31(37)16-23(22)7-5-21/h8-9,13-21,24,33-34,43-44H,3-7,10-12H2,1-2H3. The molecule has 0 aromatic heterocycles. The number of hydrogen-bond donors (Lipinski definition) is 2. The van der Waals surface area contributed by atoms with E-state index in [1.165, 1.54) is 0 Å². The molecule has 0 bridgehead atoms. The molecule has 4 atom stereocenters. The highest BCUT2D eigenvalue weighted by Crippen LogP contribution is 2.41. The molecular weight excluding hydrogens is 622 g/mol. The first-order valence-corrected chi connectivity index (χ1v) is 15.9. The first-order chi connectivity index (χ1) is 22.1. The minimum Gasteiger partial charge on any atom is -0.497 e. The zero-order valence-corrected chi connectivity index (χ0v) is 26.5. The minimum atomic E-state index is -4.78. The Labute approximate surface area is 271 Å². The molecule has 1 heterocycles. The van der Waals surface area contributed by atoms with Gasteiger partial charge in [0.15, 0.2) is 0 Å². The lowest BCUT2D eigenvalue weighted by molar-refractivity contribution is -0.140. The molecule has 2 aliphatic rings. The van der Waals surface area contributed by atoms with Gasteiger partial charge in [-0.15, -0.1) is 0 Å². The fourth-order valence-corrected chi connectivity index (χ4v) is 6.40. The summed E-state index contributed by atoms with van der Waals surface area (Å²) >= 11 is 6.37. The van der Waals surface area contributed by atoms with Crippen LogP contribution in [0.1, 0.15) is 72.4 Å². The predicted octanol–water partition coefficient (Wildman–Crippen LogP) is 8.59. The second-order valence-electron chi connectivity index (χ2n) is 11.8. The molecule has 0 saturated carbocycles. The maximum atomic E-state index is 14.5. The van der Waals surface area contributed by atoms with Gasteiger partial charge in [0.2, 0.25) is 0 Å². The molecule has 4 unspecified atom stereocenters. The first kappa shape index (κ1) is 33.7. The van der Waals surface area contributed by atoms with Gasteiger partial charge in [-0.05, 0) is 97.5 Å². The van der Waals surface area contributed by atoms with E-state index in [2.05, 4.69) is 15.3 Å². The van der Waals surface area contributed by atoms with Crippen molar-refractivity contribution >= 4 is 29.8 Å². The topological polar surface area (TPSA) is 75.4 Å². The van der Waals surface area contributed by atoms with Crippen molar-refractivity contribution < 1.29 is 32.1 Å². The summed E-state index contributed by atoms with van der Waals surface area (Å²) in [5.41, 5.74) is 2.08. The highest BCUT2D eigenvalue weighted by Gasteiger charge is 2.37. The number of alkyl halides is 3. The van der Waals surface area contributed by atoms with Gasteiger partial charge < -0.3 is 19.9 Å². The number of nitrogens with one attached hydrogen (secondary N) is 1. The first-order valence-electron chi connectivity index (χ1n) is 15.5. The normalized spacial score (nSPS) is 19.5. The van der Waals surface area contributed by atoms with E-state index in [-0.39, 0.29) is 18.3 Å². The van der Waals surface area contributed by atoms with Crippen LogP contribution in [0.15, 0.2) is 58.5 Å². The van der Waals surface area contributed by atoms with E-state index in [4.69, 9.17) is 21.1 Å². The highest BCUT2D eigenvalue weighted by molar-refractivity contribution is 6.30. The summed E-state index contributed by atoms with van der Waals surface area (Å²) in [5, 5.41) is 16.1. The van der Waals surface area contributed by atoms with Gasteiger partial charge in [-0.3, -0.25) is 4.99 Å². The van der Waals surface area contributed by atoms with Crippen molar-refractivity contribution in [2.24, 2.45) is 15.9 Å². The average molecular weight is 660 g/mol. The van der Waals surface area contributed by atoms with Gasteiger partial charge in [0.05, 0.1) is 31.4 Å². The second kappa shape index (κ2) is 14.9. The van der Waals surface area contributed by atoms with Crippen LogP contribution in [0.4, 0.5) is 23.2 Å². The molecule has 246 valence electrons. The molecule has 0 saturated heterocycles. The molecule has 3 aromatic carbocycles. The molecule has 1 aliphatic carbocycles. The second-order valence-corrected chi connectivity index (χ2v) is 12.2. The number of aryl methyl sites for hydroxylation is 2. The Hall–Kier alpha value is -3.63. The van der Waals surface area contributed by atoms with E-state index in [1.54, 1.807) is 25.6 Å². The zero-order chi connectivity index (χ0) is 32.8. The van der Waals surface area contributed by atoms with Crippen molar-refractivity contribution in [1.82, 2.24) is 0 Å². The predicted molar refractivity (Wildman–Crippen MR) is 173 cm³/mol. The van der Waals surface area contributed by atoms with Crippen LogP contribution in [0.2, 0.25) is 5.02 Å². The van der Waals surface area contributed by atoms with Crippen LogP contribution in [0.25, 0.3) is 0 Å². The summed E-state index contributed by atoms with van der Waals surface area (Å²) in [6, 6.07) is 12.3. The number of aliphatic hydroxyl groups excluding tert-OH is 1. The number of anilines is 1. The van der Waals surface area contributed by atoms with Crippen molar-refractivity contribution in [1.29, 1.82) is 0 Å². The van der Waals surface area contributed by atoms with E-state index >= 15 is 0 Å². The lowest BCUT2D eigenvalue weighted by Crippen LogP contribution is -2.33. The largest absolute Gasteiger partial charge is 0.497 e. The Morgan fingerprint density at radius 1 is 1.04 bits per heavy atom. The molecule has 3 aromatic rings. The van der Waals surface area contributed by atoms with E-state index in [9.17, 15) is 22.7 Å². The van der Waals surface area contributed by atoms with Crippen LogP contribution in [-0.4, -0.2) is 44.0 Å². The molecular formula is C35H38ClF4N3O3. The fraction of sp³-hybridized carbons (Fsp3) is 0.429. The molecule has 2 N–H and O–H groups in total. The number of methoxy groups -OCH3 is 1. The number of rotatable bonds is 10. The van der Waals surface area contributed by atoms with Crippen LogP contribution < -0.4 is 14.8 Å². The van der Waals surface area contributed by atoms with E-state index in [1.807, 2.05) is 37.4 Å². The van der Waals surface area contributed by atoms with E-state index in [0.717, 1.165) is 30.5 Å². The Morgan fingerprint density at radius 3 is 2.52 bits per heavy atom. The summed E-state index contributed by atoms with van der Waals surface area (Å²) in [5.74, 6) is -0.451. The van der Waals surface area contributed by atoms with Gasteiger partial charge in [-0.2, -0.15) is 13.2 Å². The van der Waals surface area contributed by atoms with Gasteiger partial charge in [-0.1, -0.05) is 24.6 Å². The van der Waals surface area contributed by atoms with Crippen molar-refractivity contribution in [3.63, 3.8) is 0 Å². The van der Waals surface area contributed by atoms with Crippen LogP contribution >= 0.6 is 11.6 Å². The molecule has 6 nitrogen and oxygen atoms in total. The number of aliphatic hydroxyl groups is 1. The molecule has 0 fully saturated rings. The van der Waals surface area contributed by atoms with E-state index in [0.29, 0.717) is 71.3 Å². The SMILES string of the molecule is CCCOc1cc(Cl)ccc1C(Nc1cc(OC)cc(C2C=NC=NCC2)c1)C(O)C1CCc2cc(F)c(C(F)(F)F)cc2CC1. The molecule has 46 heavy (non-hydrogen) atoms. The lowest BCUT2D eigenvalue weighted by atomic mass is 9.85. The Balaban J connectivity index is 1.50. The minimum absolute atomic E-state index is 0.00264. The summed E-state index contributed by atoms with van der Waals surface area (Å²) in [6.07, 6.45) is 0.640. The summed E-state index contributed by atoms with van der Waals surface area (Å²) < 4.78 is 66.6. The fourth-order valence-electron chi connectivity index (χ4n) is 6.24. The van der Waals surface area contributed by atoms with Gasteiger partial charge in [-0.25, -0.2) is 9.38 Å². The lowest BCUT2D eigenvalue weighted by Gasteiger charge is -2.32. The van der Waals surface area contributed by atoms with Gasteiger partial charge in [0.25, 0.3) is 0 Å². The number of aliphatic imine (C=N–C) groups is 2. The van der Waals surface area contributed by atoms with Gasteiger partial charge in [0, 0.05) is 41.0 Å². The molecule has 0 radical (unpaired) electrons. The van der Waals surface area contributed by atoms with Crippen LogP contribution in [-0.2, 0) is 19.0 Å². The molecule has 0 amide bonds. The van der Waals surface area contributed by atoms with Crippen LogP contribution in [0.5, 0.6) is 11.5 Å². The van der Waals surface area contributed by atoms with Crippen molar-refractivity contribution in [3.8, 4) is 11.5 Å². The number of fused-ring (bicyclic) bond motifs is 1. The van der Waals surface area contributed by atoms with Crippen LogP contribution in [0, 0.1) is 11.7 Å². The number of nitrogens with zero attached hydrogens (tertiary/aromatic N) is 2. The Bertz CT molecular complexity index is 1580. The molecule has 0 spiro atoms. The molecule has 11 heteroatoms.